The highest BCUT2D eigenvalue weighted by Gasteiger charge is 2.24. The number of rotatable bonds is 14. The molecule has 0 aliphatic heterocycles. The molecule has 0 heterocycles. The number of anilines is 1. The molecule has 1 aromatic rings. The molecule has 0 saturated carbocycles. The maximum Gasteiger partial charge on any atom is 0.240 e. The molecule has 7 nitrogen and oxygen atoms in total. The Hall–Kier alpha value is -1.93. The smallest absolute Gasteiger partial charge is 0.240 e. The minimum Gasteiger partial charge on any atom is -0.356 e. The van der Waals surface area contributed by atoms with Gasteiger partial charge in [-0.3, -0.25) is 9.59 Å². The van der Waals surface area contributed by atoms with Crippen LogP contribution in [0.25, 0.3) is 0 Å². The summed E-state index contributed by atoms with van der Waals surface area (Å²) in [6.45, 7) is 7.95. The van der Waals surface area contributed by atoms with Crippen molar-refractivity contribution >= 4 is 27.5 Å². The number of hydrogen-bond donors (Lipinski definition) is 3. The average Bonchev–Trinajstić information content (AvgIpc) is 2.66. The minimum atomic E-state index is -3.78. The van der Waals surface area contributed by atoms with Crippen molar-refractivity contribution in [3.8, 4) is 0 Å². The molecule has 170 valence electrons. The highest BCUT2D eigenvalue weighted by Crippen LogP contribution is 2.17. The van der Waals surface area contributed by atoms with Crippen LogP contribution in [0.4, 0.5) is 5.69 Å². The lowest BCUT2D eigenvalue weighted by Crippen LogP contribution is -2.42. The fraction of sp³-hybridized carbons (Fsp3) is 0.636. The number of carbonyl (C=O) groups excluding carboxylic acids is 2. The van der Waals surface area contributed by atoms with Crippen LogP contribution in [0.3, 0.4) is 0 Å². The van der Waals surface area contributed by atoms with Gasteiger partial charge >= 0.3 is 0 Å². The molecule has 30 heavy (non-hydrogen) atoms. The zero-order chi connectivity index (χ0) is 22.6. The normalized spacial score (nSPS) is 12.6. The highest BCUT2D eigenvalue weighted by molar-refractivity contribution is 7.89. The third-order valence-corrected chi connectivity index (χ3v) is 6.36. The lowest BCUT2D eigenvalue weighted by atomic mass is 10.0. The van der Waals surface area contributed by atoms with Crippen LogP contribution in [0.15, 0.2) is 29.2 Å². The van der Waals surface area contributed by atoms with E-state index in [9.17, 15) is 18.0 Å². The number of amides is 2. The van der Waals surface area contributed by atoms with Crippen molar-refractivity contribution in [1.29, 1.82) is 0 Å². The SMILES string of the molecule is CCCCCCCCNC(=O)C[C@@H](NS(=O)(=O)c1ccc(NC(C)=O)cc1)C(C)C. The summed E-state index contributed by atoms with van der Waals surface area (Å²) in [6.07, 6.45) is 6.99. The Morgan fingerprint density at radius 2 is 1.57 bits per heavy atom. The molecule has 0 fully saturated rings. The molecule has 3 N–H and O–H groups in total. The maximum absolute atomic E-state index is 12.7. The number of nitrogens with one attached hydrogen (secondary N) is 3. The predicted octanol–water partition coefficient (Wildman–Crippen LogP) is 3.81. The van der Waals surface area contributed by atoms with E-state index in [0.29, 0.717) is 12.2 Å². The van der Waals surface area contributed by atoms with Crippen LogP contribution in [0.1, 0.15) is 72.6 Å². The summed E-state index contributed by atoms with van der Waals surface area (Å²) in [5.74, 6) is -0.417. The maximum atomic E-state index is 12.7. The number of carbonyl (C=O) groups is 2. The van der Waals surface area contributed by atoms with Crippen molar-refractivity contribution in [3.63, 3.8) is 0 Å². The molecule has 0 aromatic heterocycles. The van der Waals surface area contributed by atoms with Gasteiger partial charge in [0.05, 0.1) is 4.90 Å². The fourth-order valence-corrected chi connectivity index (χ4v) is 4.39. The van der Waals surface area contributed by atoms with Crippen LogP contribution in [0.2, 0.25) is 0 Å². The second-order valence-electron chi connectivity index (χ2n) is 8.00. The van der Waals surface area contributed by atoms with E-state index in [0.717, 1.165) is 12.8 Å². The summed E-state index contributed by atoms with van der Waals surface area (Å²) in [7, 11) is -3.78. The van der Waals surface area contributed by atoms with Gasteiger partial charge in [-0.15, -0.1) is 0 Å². The number of unbranched alkanes of at least 4 members (excludes halogenated alkanes) is 5. The first-order chi connectivity index (χ1) is 14.2. The molecule has 0 spiro atoms. The van der Waals surface area contributed by atoms with Crippen molar-refractivity contribution in [2.24, 2.45) is 5.92 Å². The predicted molar refractivity (Wildman–Crippen MR) is 121 cm³/mol. The molecule has 0 saturated heterocycles. The summed E-state index contributed by atoms with van der Waals surface area (Å²) < 4.78 is 28.1. The van der Waals surface area contributed by atoms with Crippen LogP contribution in [0.5, 0.6) is 0 Å². The molecule has 1 atom stereocenters. The van der Waals surface area contributed by atoms with E-state index in [2.05, 4.69) is 22.3 Å². The van der Waals surface area contributed by atoms with E-state index in [1.807, 2.05) is 13.8 Å². The third kappa shape index (κ3) is 10.2. The van der Waals surface area contributed by atoms with Crippen molar-refractivity contribution < 1.29 is 18.0 Å². The van der Waals surface area contributed by atoms with Gasteiger partial charge in [0.2, 0.25) is 21.8 Å². The number of benzene rings is 1. The number of hydrogen-bond acceptors (Lipinski definition) is 4. The van der Waals surface area contributed by atoms with Crippen LogP contribution >= 0.6 is 0 Å². The average molecular weight is 440 g/mol. The fourth-order valence-electron chi connectivity index (χ4n) is 3.01. The first-order valence-corrected chi connectivity index (χ1v) is 12.3. The lowest BCUT2D eigenvalue weighted by Gasteiger charge is -2.22. The van der Waals surface area contributed by atoms with Gasteiger partial charge in [0.1, 0.15) is 0 Å². The molecule has 0 aliphatic rings. The Kier molecular flexibility index (Phi) is 11.7. The van der Waals surface area contributed by atoms with E-state index in [4.69, 9.17) is 0 Å². The zero-order valence-corrected chi connectivity index (χ0v) is 19.5. The van der Waals surface area contributed by atoms with E-state index < -0.39 is 16.1 Å². The second kappa shape index (κ2) is 13.4. The van der Waals surface area contributed by atoms with Gasteiger partial charge < -0.3 is 10.6 Å². The van der Waals surface area contributed by atoms with E-state index >= 15 is 0 Å². The summed E-state index contributed by atoms with van der Waals surface area (Å²) in [5, 5.41) is 5.50. The molecule has 0 radical (unpaired) electrons. The number of sulfonamides is 1. The quantitative estimate of drug-likeness (QED) is 0.383. The van der Waals surface area contributed by atoms with Gasteiger partial charge in [0.15, 0.2) is 0 Å². The van der Waals surface area contributed by atoms with E-state index in [1.165, 1.54) is 56.9 Å². The Balaban J connectivity index is 2.57. The van der Waals surface area contributed by atoms with Crippen LogP contribution in [0, 0.1) is 5.92 Å². The molecule has 0 aliphatic carbocycles. The lowest BCUT2D eigenvalue weighted by molar-refractivity contribution is -0.121. The molecule has 8 heteroatoms. The Labute approximate surface area is 181 Å². The molecule has 1 rings (SSSR count). The minimum absolute atomic E-state index is 0.0433. The summed E-state index contributed by atoms with van der Waals surface area (Å²) in [5.41, 5.74) is 0.524. The highest BCUT2D eigenvalue weighted by atomic mass is 32.2. The van der Waals surface area contributed by atoms with Crippen molar-refractivity contribution in [1.82, 2.24) is 10.0 Å². The first kappa shape index (κ1) is 26.1. The van der Waals surface area contributed by atoms with Crippen LogP contribution < -0.4 is 15.4 Å². The summed E-state index contributed by atoms with van der Waals surface area (Å²) in [4.78, 5) is 23.5. The summed E-state index contributed by atoms with van der Waals surface area (Å²) >= 11 is 0. The Bertz CT molecular complexity index is 761. The van der Waals surface area contributed by atoms with Gasteiger partial charge in [0.25, 0.3) is 0 Å². The summed E-state index contributed by atoms with van der Waals surface area (Å²) in [6, 6.07) is 5.43. The topological polar surface area (TPSA) is 104 Å². The van der Waals surface area contributed by atoms with E-state index in [1.54, 1.807) is 0 Å². The largest absolute Gasteiger partial charge is 0.356 e. The monoisotopic (exact) mass is 439 g/mol. The van der Waals surface area contributed by atoms with Crippen LogP contribution in [-0.2, 0) is 19.6 Å². The Morgan fingerprint density at radius 3 is 2.13 bits per heavy atom. The standard InChI is InChI=1S/C22H37N3O4S/c1-5-6-7-8-9-10-15-23-22(27)16-21(17(2)3)25-30(28,29)20-13-11-19(12-14-20)24-18(4)26/h11-14,17,21,25H,5-10,15-16H2,1-4H3,(H,23,27)(H,24,26)/t21-/m1/s1. The van der Waals surface area contributed by atoms with Crippen LogP contribution in [-0.4, -0.2) is 32.8 Å². The van der Waals surface area contributed by atoms with Gasteiger partial charge in [-0.1, -0.05) is 52.9 Å². The molecule has 0 unspecified atom stereocenters. The molecular weight excluding hydrogens is 402 g/mol. The molecular formula is C22H37N3O4S. The van der Waals surface area contributed by atoms with Gasteiger partial charge in [-0.2, -0.15) is 0 Å². The second-order valence-corrected chi connectivity index (χ2v) is 9.71. The molecule has 1 aromatic carbocycles. The van der Waals surface area contributed by atoms with Crippen molar-refractivity contribution in [2.75, 3.05) is 11.9 Å². The Morgan fingerprint density at radius 1 is 0.967 bits per heavy atom. The van der Waals surface area contributed by atoms with E-state index in [-0.39, 0.29) is 29.0 Å². The third-order valence-electron chi connectivity index (χ3n) is 4.85. The zero-order valence-electron chi connectivity index (χ0n) is 18.7. The first-order valence-electron chi connectivity index (χ1n) is 10.8. The van der Waals surface area contributed by atoms with Crippen molar-refractivity contribution in [3.05, 3.63) is 24.3 Å². The van der Waals surface area contributed by atoms with Gasteiger partial charge in [-0.25, -0.2) is 13.1 Å². The molecule has 0 bridgehead atoms. The van der Waals surface area contributed by atoms with Crippen molar-refractivity contribution in [2.45, 2.75) is 83.6 Å². The molecule has 2 amide bonds. The van der Waals surface area contributed by atoms with Gasteiger partial charge in [0, 0.05) is 31.6 Å². The van der Waals surface area contributed by atoms with Gasteiger partial charge in [-0.05, 0) is 36.6 Å².